The number of nitriles is 1. The number of carbonyl (C=O) groups is 1. The molecular weight excluding hydrogens is 268 g/mol. The quantitative estimate of drug-likeness (QED) is 0.840. The predicted molar refractivity (Wildman–Crippen MR) is 67.8 cm³/mol. The highest BCUT2D eigenvalue weighted by molar-refractivity contribution is 7.89. The Kier molecular flexibility index (Phi) is 5.03. The molecule has 6 nitrogen and oxygen atoms in total. The van der Waals surface area contributed by atoms with Gasteiger partial charge in [-0.2, -0.15) is 9.57 Å². The van der Waals surface area contributed by atoms with Crippen LogP contribution in [-0.4, -0.2) is 36.9 Å². The molecule has 0 saturated carbocycles. The number of nitrogens with zero attached hydrogens (tertiary/aromatic N) is 2. The van der Waals surface area contributed by atoms with Crippen molar-refractivity contribution < 1.29 is 18.3 Å². The molecule has 0 aliphatic rings. The van der Waals surface area contributed by atoms with Crippen LogP contribution in [0, 0.1) is 11.3 Å². The lowest BCUT2D eigenvalue weighted by molar-refractivity contribution is -0.137. The fraction of sp³-hybridized carbons (Fsp3) is 0.333. The number of benzene rings is 1. The highest BCUT2D eigenvalue weighted by atomic mass is 32.2. The lowest BCUT2D eigenvalue weighted by Gasteiger charge is -2.19. The summed E-state index contributed by atoms with van der Waals surface area (Å²) < 4.78 is 25.5. The first kappa shape index (κ1) is 15.1. The predicted octanol–water partition coefficient (Wildman–Crippen LogP) is 1.04. The minimum absolute atomic E-state index is 0.0683. The van der Waals surface area contributed by atoms with Gasteiger partial charge >= 0.3 is 5.97 Å². The van der Waals surface area contributed by atoms with Gasteiger partial charge in [0.1, 0.15) is 6.54 Å². The third-order valence-electron chi connectivity index (χ3n) is 2.39. The molecule has 0 spiro atoms. The summed E-state index contributed by atoms with van der Waals surface area (Å²) in [6.07, 6.45) is 0.504. The number of rotatable bonds is 6. The number of aliphatic carboxylic acids is 1. The number of carboxylic acids is 1. The Labute approximate surface area is 111 Å². The van der Waals surface area contributed by atoms with Crippen LogP contribution in [-0.2, 0) is 14.8 Å². The second kappa shape index (κ2) is 6.31. The minimum atomic E-state index is -3.89. The molecule has 19 heavy (non-hydrogen) atoms. The van der Waals surface area contributed by atoms with Crippen molar-refractivity contribution in [2.45, 2.75) is 18.2 Å². The monoisotopic (exact) mass is 282 g/mol. The van der Waals surface area contributed by atoms with Gasteiger partial charge in [0, 0.05) is 6.54 Å². The average molecular weight is 282 g/mol. The molecule has 0 saturated heterocycles. The van der Waals surface area contributed by atoms with Gasteiger partial charge in [-0.3, -0.25) is 4.79 Å². The zero-order valence-corrected chi connectivity index (χ0v) is 11.2. The lowest BCUT2D eigenvalue weighted by Crippen LogP contribution is -2.36. The van der Waals surface area contributed by atoms with E-state index in [1.165, 1.54) is 24.3 Å². The van der Waals surface area contributed by atoms with E-state index in [4.69, 9.17) is 10.4 Å². The maximum atomic E-state index is 12.3. The molecule has 1 N–H and O–H groups in total. The van der Waals surface area contributed by atoms with Gasteiger partial charge in [-0.1, -0.05) is 13.0 Å². The van der Waals surface area contributed by atoms with Gasteiger partial charge in [-0.05, 0) is 24.6 Å². The highest BCUT2D eigenvalue weighted by Crippen LogP contribution is 2.17. The molecule has 1 aromatic carbocycles. The smallest absolute Gasteiger partial charge is 0.318 e. The normalized spacial score (nSPS) is 11.2. The van der Waals surface area contributed by atoms with Crippen LogP contribution >= 0.6 is 0 Å². The number of carboxylic acid groups (broad SMARTS) is 1. The van der Waals surface area contributed by atoms with E-state index in [2.05, 4.69) is 0 Å². The van der Waals surface area contributed by atoms with Crippen molar-refractivity contribution in [3.8, 4) is 6.07 Å². The molecule has 0 aliphatic heterocycles. The van der Waals surface area contributed by atoms with Crippen LogP contribution in [0.15, 0.2) is 29.2 Å². The van der Waals surface area contributed by atoms with E-state index in [0.29, 0.717) is 6.42 Å². The van der Waals surface area contributed by atoms with Crippen molar-refractivity contribution >= 4 is 16.0 Å². The van der Waals surface area contributed by atoms with Crippen molar-refractivity contribution in [3.63, 3.8) is 0 Å². The molecule has 0 unspecified atom stereocenters. The molecule has 0 amide bonds. The van der Waals surface area contributed by atoms with Crippen LogP contribution < -0.4 is 0 Å². The lowest BCUT2D eigenvalue weighted by atomic mass is 10.2. The first-order valence-corrected chi connectivity index (χ1v) is 7.08. The van der Waals surface area contributed by atoms with Crippen molar-refractivity contribution in [3.05, 3.63) is 29.8 Å². The van der Waals surface area contributed by atoms with E-state index in [0.717, 1.165) is 4.31 Å². The molecular formula is C12H14N2O4S. The van der Waals surface area contributed by atoms with Crippen LogP contribution in [0.1, 0.15) is 18.9 Å². The van der Waals surface area contributed by atoms with E-state index >= 15 is 0 Å². The Balaban J connectivity index is 3.18. The maximum absolute atomic E-state index is 12.3. The van der Waals surface area contributed by atoms with E-state index in [1.807, 2.05) is 6.07 Å². The summed E-state index contributed by atoms with van der Waals surface area (Å²) in [6, 6.07) is 7.38. The van der Waals surface area contributed by atoms with Crippen LogP contribution in [0.4, 0.5) is 0 Å². The molecule has 0 aliphatic carbocycles. The SMILES string of the molecule is CCCN(CC(=O)O)S(=O)(=O)c1cccc(C#N)c1. The molecule has 0 aromatic heterocycles. The van der Waals surface area contributed by atoms with Crippen LogP contribution in [0.5, 0.6) is 0 Å². The summed E-state index contributed by atoms with van der Waals surface area (Å²) in [5, 5.41) is 17.5. The van der Waals surface area contributed by atoms with Gasteiger partial charge in [0.05, 0.1) is 16.5 Å². The average Bonchev–Trinajstić information content (AvgIpc) is 2.38. The topological polar surface area (TPSA) is 98.5 Å². The number of hydrogen-bond acceptors (Lipinski definition) is 4. The summed E-state index contributed by atoms with van der Waals surface area (Å²) >= 11 is 0. The molecule has 0 fully saturated rings. The maximum Gasteiger partial charge on any atom is 0.318 e. The van der Waals surface area contributed by atoms with E-state index in [1.54, 1.807) is 6.92 Å². The Morgan fingerprint density at radius 1 is 1.47 bits per heavy atom. The first-order valence-electron chi connectivity index (χ1n) is 5.64. The summed E-state index contributed by atoms with van der Waals surface area (Å²) in [5.41, 5.74) is 0.216. The minimum Gasteiger partial charge on any atom is -0.480 e. The summed E-state index contributed by atoms with van der Waals surface area (Å²) in [7, 11) is -3.89. The highest BCUT2D eigenvalue weighted by Gasteiger charge is 2.25. The van der Waals surface area contributed by atoms with E-state index in [-0.39, 0.29) is 17.0 Å². The van der Waals surface area contributed by atoms with Gasteiger partial charge in [0.25, 0.3) is 0 Å². The molecule has 0 heterocycles. The number of hydrogen-bond donors (Lipinski definition) is 1. The third kappa shape index (κ3) is 3.77. The molecule has 7 heteroatoms. The van der Waals surface area contributed by atoms with Gasteiger partial charge in [0.2, 0.25) is 10.0 Å². The van der Waals surface area contributed by atoms with Gasteiger partial charge in [0.15, 0.2) is 0 Å². The summed E-state index contributed by atoms with van der Waals surface area (Å²) in [5.74, 6) is -1.21. The molecule has 0 radical (unpaired) electrons. The van der Waals surface area contributed by atoms with Crippen LogP contribution in [0.25, 0.3) is 0 Å². The molecule has 0 bridgehead atoms. The first-order chi connectivity index (χ1) is 8.91. The second-order valence-electron chi connectivity index (χ2n) is 3.87. The fourth-order valence-corrected chi connectivity index (χ4v) is 3.09. The molecule has 0 atom stereocenters. The van der Waals surface area contributed by atoms with Crippen molar-refractivity contribution in [1.82, 2.24) is 4.31 Å². The standard InChI is InChI=1S/C12H14N2O4S/c1-2-6-14(9-12(15)16)19(17,18)11-5-3-4-10(7-11)8-13/h3-5,7H,2,6,9H2,1H3,(H,15,16). The Bertz CT molecular complexity index is 604. The zero-order chi connectivity index (χ0) is 14.5. The van der Waals surface area contributed by atoms with Crippen LogP contribution in [0.2, 0.25) is 0 Å². The van der Waals surface area contributed by atoms with E-state index in [9.17, 15) is 13.2 Å². The Morgan fingerprint density at radius 2 is 2.16 bits per heavy atom. The van der Waals surface area contributed by atoms with Gasteiger partial charge in [-0.25, -0.2) is 8.42 Å². The molecule has 102 valence electrons. The van der Waals surface area contributed by atoms with Gasteiger partial charge in [-0.15, -0.1) is 0 Å². The Morgan fingerprint density at radius 3 is 2.68 bits per heavy atom. The van der Waals surface area contributed by atoms with Crippen molar-refractivity contribution in [2.24, 2.45) is 0 Å². The third-order valence-corrected chi connectivity index (χ3v) is 4.23. The number of sulfonamides is 1. The molecule has 1 rings (SSSR count). The van der Waals surface area contributed by atoms with E-state index < -0.39 is 22.5 Å². The largest absolute Gasteiger partial charge is 0.480 e. The van der Waals surface area contributed by atoms with Gasteiger partial charge < -0.3 is 5.11 Å². The van der Waals surface area contributed by atoms with Crippen LogP contribution in [0.3, 0.4) is 0 Å². The summed E-state index contributed by atoms with van der Waals surface area (Å²) in [6.45, 7) is 1.29. The summed E-state index contributed by atoms with van der Waals surface area (Å²) in [4.78, 5) is 10.7. The molecule has 1 aromatic rings. The zero-order valence-electron chi connectivity index (χ0n) is 10.4. The Hall–Kier alpha value is -1.91. The van der Waals surface area contributed by atoms with Crippen molar-refractivity contribution in [1.29, 1.82) is 5.26 Å². The second-order valence-corrected chi connectivity index (χ2v) is 5.81. The fourth-order valence-electron chi connectivity index (χ4n) is 1.56. The van der Waals surface area contributed by atoms with Crippen molar-refractivity contribution in [2.75, 3.05) is 13.1 Å².